The zero-order valence-electron chi connectivity index (χ0n) is 9.13. The SMILES string of the molecule is CN=C1c2c(C)cccc2C(C)=[N+]1C. The largest absolute Gasteiger partial charge is 0.325 e. The van der Waals surface area contributed by atoms with E-state index < -0.39 is 0 Å². The maximum absolute atomic E-state index is 4.34. The molecule has 1 aliphatic heterocycles. The topological polar surface area (TPSA) is 15.4 Å². The second-order valence-electron chi connectivity index (χ2n) is 3.69. The number of aliphatic imine (C=N–C) groups is 1. The maximum atomic E-state index is 4.34. The van der Waals surface area contributed by atoms with Gasteiger partial charge in [-0.05, 0) is 19.4 Å². The van der Waals surface area contributed by atoms with Crippen LogP contribution in [0.25, 0.3) is 0 Å². The average Bonchev–Trinajstić information content (AvgIpc) is 2.43. The van der Waals surface area contributed by atoms with Crippen molar-refractivity contribution in [2.45, 2.75) is 13.8 Å². The number of nitrogens with zero attached hydrogens (tertiary/aromatic N) is 2. The molecule has 1 heterocycles. The van der Waals surface area contributed by atoms with E-state index in [2.05, 4.69) is 48.7 Å². The van der Waals surface area contributed by atoms with Crippen LogP contribution >= 0.6 is 0 Å². The molecular formula is C12H15N2+. The number of aryl methyl sites for hydroxylation is 1. The van der Waals surface area contributed by atoms with Gasteiger partial charge in [0.1, 0.15) is 12.8 Å². The van der Waals surface area contributed by atoms with Crippen molar-refractivity contribution in [2.24, 2.45) is 4.99 Å². The van der Waals surface area contributed by atoms with Gasteiger partial charge in [-0.2, -0.15) is 0 Å². The number of rotatable bonds is 0. The molecule has 0 N–H and O–H groups in total. The summed E-state index contributed by atoms with van der Waals surface area (Å²) in [6.45, 7) is 4.27. The van der Waals surface area contributed by atoms with Gasteiger partial charge in [0.05, 0.1) is 12.6 Å². The van der Waals surface area contributed by atoms with Crippen LogP contribution < -0.4 is 0 Å². The molecule has 0 saturated heterocycles. The summed E-state index contributed by atoms with van der Waals surface area (Å²) in [6, 6.07) is 6.40. The van der Waals surface area contributed by atoms with Crippen LogP contribution in [0, 0.1) is 6.92 Å². The third-order valence-electron chi connectivity index (χ3n) is 2.92. The van der Waals surface area contributed by atoms with Gasteiger partial charge in [0.25, 0.3) is 0 Å². The highest BCUT2D eigenvalue weighted by Crippen LogP contribution is 2.21. The molecule has 1 aromatic carbocycles. The van der Waals surface area contributed by atoms with Crippen LogP contribution in [0.1, 0.15) is 23.6 Å². The molecular weight excluding hydrogens is 172 g/mol. The van der Waals surface area contributed by atoms with E-state index in [0.29, 0.717) is 0 Å². The summed E-state index contributed by atoms with van der Waals surface area (Å²) in [5.41, 5.74) is 5.18. The van der Waals surface area contributed by atoms with E-state index in [1.54, 1.807) is 0 Å². The second kappa shape index (κ2) is 3.05. The van der Waals surface area contributed by atoms with Crippen molar-refractivity contribution < 1.29 is 4.58 Å². The monoisotopic (exact) mass is 187 g/mol. The first-order valence-corrected chi connectivity index (χ1v) is 4.81. The van der Waals surface area contributed by atoms with E-state index >= 15 is 0 Å². The van der Waals surface area contributed by atoms with Crippen molar-refractivity contribution in [1.82, 2.24) is 0 Å². The second-order valence-corrected chi connectivity index (χ2v) is 3.69. The van der Waals surface area contributed by atoms with Crippen LogP contribution in [0.3, 0.4) is 0 Å². The van der Waals surface area contributed by atoms with E-state index in [1.807, 2.05) is 7.05 Å². The fourth-order valence-electron chi connectivity index (χ4n) is 2.04. The fraction of sp³-hybridized carbons (Fsp3) is 0.333. The van der Waals surface area contributed by atoms with Crippen molar-refractivity contribution in [2.75, 3.05) is 14.1 Å². The predicted octanol–water partition coefficient (Wildman–Crippen LogP) is 1.84. The number of amidine groups is 1. The van der Waals surface area contributed by atoms with Crippen molar-refractivity contribution in [3.63, 3.8) is 0 Å². The normalized spacial score (nSPS) is 17.9. The van der Waals surface area contributed by atoms with E-state index in [-0.39, 0.29) is 0 Å². The zero-order valence-corrected chi connectivity index (χ0v) is 9.13. The highest BCUT2D eigenvalue weighted by molar-refractivity contribution is 6.14. The molecule has 1 aliphatic rings. The summed E-state index contributed by atoms with van der Waals surface area (Å²) in [7, 11) is 3.91. The first kappa shape index (κ1) is 9.13. The smallest absolute Gasteiger partial charge is 0.230 e. The highest BCUT2D eigenvalue weighted by Gasteiger charge is 2.29. The van der Waals surface area contributed by atoms with Crippen LogP contribution in [0.4, 0.5) is 0 Å². The minimum atomic E-state index is 1.08. The number of hydrogen-bond acceptors (Lipinski definition) is 1. The Morgan fingerprint density at radius 3 is 2.57 bits per heavy atom. The summed E-state index contributed by atoms with van der Waals surface area (Å²) in [5, 5.41) is 0. The quantitative estimate of drug-likeness (QED) is 0.551. The van der Waals surface area contributed by atoms with Crippen LogP contribution in [0.15, 0.2) is 23.2 Å². The lowest BCUT2D eigenvalue weighted by Crippen LogP contribution is -2.15. The summed E-state index contributed by atoms with van der Waals surface area (Å²) in [4.78, 5) is 4.34. The molecule has 0 unspecified atom stereocenters. The molecule has 14 heavy (non-hydrogen) atoms. The van der Waals surface area contributed by atoms with Gasteiger partial charge in [-0.25, -0.2) is 4.58 Å². The van der Waals surface area contributed by atoms with Gasteiger partial charge in [-0.1, -0.05) is 23.2 Å². The van der Waals surface area contributed by atoms with Crippen LogP contribution in [0.5, 0.6) is 0 Å². The minimum absolute atomic E-state index is 1.08. The third kappa shape index (κ3) is 1.03. The zero-order chi connectivity index (χ0) is 10.3. The van der Waals surface area contributed by atoms with Gasteiger partial charge >= 0.3 is 5.84 Å². The lowest BCUT2D eigenvalue weighted by atomic mass is 10.0. The van der Waals surface area contributed by atoms with E-state index in [1.165, 1.54) is 22.4 Å². The van der Waals surface area contributed by atoms with Crippen molar-refractivity contribution in [1.29, 1.82) is 0 Å². The molecule has 0 bridgehead atoms. The molecule has 0 atom stereocenters. The first-order chi connectivity index (χ1) is 6.66. The third-order valence-corrected chi connectivity index (χ3v) is 2.92. The summed E-state index contributed by atoms with van der Waals surface area (Å²) < 4.78 is 2.15. The van der Waals surface area contributed by atoms with Gasteiger partial charge in [0.15, 0.2) is 0 Å². The van der Waals surface area contributed by atoms with Crippen LogP contribution in [-0.2, 0) is 0 Å². The van der Waals surface area contributed by atoms with E-state index in [4.69, 9.17) is 0 Å². The average molecular weight is 187 g/mol. The standard InChI is InChI=1S/C12H15N2/c1-8-6-5-7-10-9(2)14(4)12(13-3)11(8)10/h5-7H,1-4H3/q+1. The molecule has 0 amide bonds. The molecule has 2 nitrogen and oxygen atoms in total. The summed E-state index contributed by atoms with van der Waals surface area (Å²) in [6.07, 6.45) is 0. The Bertz CT molecular complexity index is 453. The Kier molecular flexibility index (Phi) is 1.99. The highest BCUT2D eigenvalue weighted by atomic mass is 15.1. The Labute approximate surface area is 84.6 Å². The van der Waals surface area contributed by atoms with Gasteiger partial charge in [-0.15, -0.1) is 0 Å². The van der Waals surface area contributed by atoms with Crippen molar-refractivity contribution in [3.05, 3.63) is 34.9 Å². The summed E-state index contributed by atoms with van der Waals surface area (Å²) >= 11 is 0. The molecule has 72 valence electrons. The summed E-state index contributed by atoms with van der Waals surface area (Å²) in [5.74, 6) is 1.08. The van der Waals surface area contributed by atoms with Crippen LogP contribution in [-0.4, -0.2) is 30.2 Å². The Hall–Kier alpha value is -1.44. The van der Waals surface area contributed by atoms with E-state index in [9.17, 15) is 0 Å². The van der Waals surface area contributed by atoms with Crippen molar-refractivity contribution >= 4 is 11.5 Å². The molecule has 0 aliphatic carbocycles. The van der Waals surface area contributed by atoms with Gasteiger partial charge in [0.2, 0.25) is 0 Å². The molecule has 2 heteroatoms. The molecule has 1 aromatic rings. The first-order valence-electron chi connectivity index (χ1n) is 4.81. The minimum Gasteiger partial charge on any atom is -0.230 e. The fourth-order valence-corrected chi connectivity index (χ4v) is 2.04. The Morgan fingerprint density at radius 2 is 1.93 bits per heavy atom. The maximum Gasteiger partial charge on any atom is 0.325 e. The van der Waals surface area contributed by atoms with Gasteiger partial charge in [-0.3, -0.25) is 0 Å². The Balaban J connectivity index is 2.79. The Morgan fingerprint density at radius 1 is 1.21 bits per heavy atom. The van der Waals surface area contributed by atoms with Gasteiger partial charge in [0, 0.05) is 5.56 Å². The molecule has 0 fully saturated rings. The number of fused-ring (bicyclic) bond motifs is 1. The van der Waals surface area contributed by atoms with E-state index in [0.717, 1.165) is 5.84 Å². The molecule has 0 aromatic heterocycles. The van der Waals surface area contributed by atoms with Crippen LogP contribution in [0.2, 0.25) is 0 Å². The molecule has 2 rings (SSSR count). The van der Waals surface area contributed by atoms with Gasteiger partial charge < -0.3 is 0 Å². The predicted molar refractivity (Wildman–Crippen MR) is 59.6 cm³/mol. The lowest BCUT2D eigenvalue weighted by molar-refractivity contribution is -0.366. The number of benzene rings is 1. The number of hydrogen-bond donors (Lipinski definition) is 0. The molecule has 0 saturated carbocycles. The molecule has 0 spiro atoms. The van der Waals surface area contributed by atoms with Crippen molar-refractivity contribution in [3.8, 4) is 0 Å². The molecule has 0 radical (unpaired) electrons. The lowest BCUT2D eigenvalue weighted by Gasteiger charge is -1.98.